The van der Waals surface area contributed by atoms with Crippen LogP contribution in [-0.4, -0.2) is 40.5 Å². The molecule has 0 bridgehead atoms. The average Bonchev–Trinajstić information content (AvgIpc) is 2.41. The Bertz CT molecular complexity index is 469. The first kappa shape index (κ1) is 20.8. The van der Waals surface area contributed by atoms with Crippen LogP contribution in [0.1, 0.15) is 59.8 Å². The molecule has 0 amide bonds. The number of hydrogen-bond acceptors (Lipinski definition) is 6. The predicted octanol–water partition coefficient (Wildman–Crippen LogP) is 2.45. The van der Waals surface area contributed by atoms with Crippen molar-refractivity contribution in [3.63, 3.8) is 0 Å². The summed E-state index contributed by atoms with van der Waals surface area (Å²) < 4.78 is 56.3. The third kappa shape index (κ3) is 9.44. The minimum atomic E-state index is -3.64. The molecule has 0 heterocycles. The lowest BCUT2D eigenvalue weighted by molar-refractivity contribution is 0.0670. The molecular formula is C13H28O6S2. The Morgan fingerprint density at radius 1 is 0.810 bits per heavy atom. The van der Waals surface area contributed by atoms with E-state index in [-0.39, 0.29) is 11.5 Å². The van der Waals surface area contributed by atoms with Crippen LogP contribution in [0.15, 0.2) is 0 Å². The molecule has 0 saturated heterocycles. The standard InChI is InChI=1S/C13H28O6S2/c1-5-8-9-10-11-13(19-21(16,17)7-3)12(4)18-20(14,15)6-2/h12-13H,5-11H2,1-4H3. The van der Waals surface area contributed by atoms with Gasteiger partial charge in [-0.3, -0.25) is 8.37 Å². The molecule has 128 valence electrons. The summed E-state index contributed by atoms with van der Waals surface area (Å²) in [7, 11) is -7.28. The summed E-state index contributed by atoms with van der Waals surface area (Å²) >= 11 is 0. The van der Waals surface area contributed by atoms with Crippen LogP contribution >= 0.6 is 0 Å². The predicted molar refractivity (Wildman–Crippen MR) is 83.1 cm³/mol. The topological polar surface area (TPSA) is 86.7 Å². The summed E-state index contributed by atoms with van der Waals surface area (Å²) in [6, 6.07) is 0. The monoisotopic (exact) mass is 344 g/mol. The first-order valence-electron chi connectivity index (χ1n) is 7.49. The fraction of sp³-hybridized carbons (Fsp3) is 1.00. The molecule has 0 aliphatic carbocycles. The molecular weight excluding hydrogens is 316 g/mol. The van der Waals surface area contributed by atoms with Gasteiger partial charge in [-0.15, -0.1) is 0 Å². The molecule has 21 heavy (non-hydrogen) atoms. The highest BCUT2D eigenvalue weighted by Crippen LogP contribution is 2.18. The Balaban J connectivity index is 4.77. The minimum Gasteiger partial charge on any atom is -0.264 e. The van der Waals surface area contributed by atoms with Crippen molar-refractivity contribution < 1.29 is 25.2 Å². The molecule has 2 unspecified atom stereocenters. The Morgan fingerprint density at radius 3 is 1.81 bits per heavy atom. The average molecular weight is 344 g/mol. The van der Waals surface area contributed by atoms with Crippen molar-refractivity contribution in [2.45, 2.75) is 72.0 Å². The first-order valence-corrected chi connectivity index (χ1v) is 10.6. The molecule has 0 radical (unpaired) electrons. The Morgan fingerprint density at radius 2 is 1.33 bits per heavy atom. The van der Waals surface area contributed by atoms with E-state index in [4.69, 9.17) is 8.37 Å². The Kier molecular flexibility index (Phi) is 9.68. The summed E-state index contributed by atoms with van der Waals surface area (Å²) in [5.41, 5.74) is 0. The zero-order chi connectivity index (χ0) is 16.5. The number of rotatable bonds is 12. The zero-order valence-electron chi connectivity index (χ0n) is 13.4. The van der Waals surface area contributed by atoms with Crippen molar-refractivity contribution in [3.05, 3.63) is 0 Å². The van der Waals surface area contributed by atoms with Gasteiger partial charge >= 0.3 is 0 Å². The molecule has 2 atom stereocenters. The van der Waals surface area contributed by atoms with E-state index in [1.54, 1.807) is 0 Å². The van der Waals surface area contributed by atoms with E-state index in [2.05, 4.69) is 6.92 Å². The van der Waals surface area contributed by atoms with Gasteiger partial charge in [-0.25, -0.2) is 0 Å². The lowest BCUT2D eigenvalue weighted by atomic mass is 10.1. The third-order valence-corrected chi connectivity index (χ3v) is 5.69. The van der Waals surface area contributed by atoms with E-state index in [9.17, 15) is 16.8 Å². The first-order chi connectivity index (χ1) is 9.67. The summed E-state index contributed by atoms with van der Waals surface area (Å²) in [6.45, 7) is 6.57. The third-order valence-electron chi connectivity index (χ3n) is 3.14. The van der Waals surface area contributed by atoms with Crippen molar-refractivity contribution >= 4 is 20.2 Å². The van der Waals surface area contributed by atoms with Gasteiger partial charge < -0.3 is 0 Å². The highest BCUT2D eigenvalue weighted by atomic mass is 32.2. The normalized spacial score (nSPS) is 15.8. The van der Waals surface area contributed by atoms with E-state index in [1.807, 2.05) is 0 Å². The van der Waals surface area contributed by atoms with Crippen LogP contribution in [0.5, 0.6) is 0 Å². The second kappa shape index (κ2) is 9.76. The summed E-state index contributed by atoms with van der Waals surface area (Å²) in [5.74, 6) is -0.299. The van der Waals surface area contributed by atoms with Crippen LogP contribution in [0.25, 0.3) is 0 Å². The van der Waals surface area contributed by atoms with E-state index in [0.717, 1.165) is 25.7 Å². The van der Waals surface area contributed by atoms with Crippen LogP contribution in [0.2, 0.25) is 0 Å². The maximum Gasteiger partial charge on any atom is 0.267 e. The Labute approximate surface area is 129 Å². The Hall–Kier alpha value is -0.180. The molecule has 0 fully saturated rings. The highest BCUT2D eigenvalue weighted by Gasteiger charge is 2.27. The maximum atomic E-state index is 11.6. The molecule has 0 aromatic heterocycles. The molecule has 0 spiro atoms. The molecule has 0 saturated carbocycles. The van der Waals surface area contributed by atoms with Crippen molar-refractivity contribution in [3.8, 4) is 0 Å². The molecule has 0 aliphatic rings. The van der Waals surface area contributed by atoms with Gasteiger partial charge in [0.1, 0.15) is 12.2 Å². The molecule has 8 heteroatoms. The van der Waals surface area contributed by atoms with Gasteiger partial charge in [0, 0.05) is 0 Å². The van der Waals surface area contributed by atoms with Crippen LogP contribution < -0.4 is 0 Å². The summed E-state index contributed by atoms with van der Waals surface area (Å²) in [5, 5.41) is 0. The maximum absolute atomic E-state index is 11.6. The number of hydrogen-bond donors (Lipinski definition) is 0. The smallest absolute Gasteiger partial charge is 0.264 e. The lowest BCUT2D eigenvalue weighted by Crippen LogP contribution is -2.34. The van der Waals surface area contributed by atoms with Crippen molar-refractivity contribution in [1.29, 1.82) is 0 Å². The van der Waals surface area contributed by atoms with Crippen molar-refractivity contribution in [2.24, 2.45) is 0 Å². The van der Waals surface area contributed by atoms with Gasteiger partial charge in [0.2, 0.25) is 0 Å². The highest BCUT2D eigenvalue weighted by molar-refractivity contribution is 7.87. The van der Waals surface area contributed by atoms with E-state index in [1.165, 1.54) is 20.8 Å². The summed E-state index contributed by atoms with van der Waals surface area (Å²) in [4.78, 5) is 0. The largest absolute Gasteiger partial charge is 0.267 e. The van der Waals surface area contributed by atoms with Crippen LogP contribution in [0, 0.1) is 0 Å². The molecule has 0 aromatic carbocycles. The quantitative estimate of drug-likeness (QED) is 0.399. The molecule has 0 aromatic rings. The van der Waals surface area contributed by atoms with Crippen LogP contribution in [-0.2, 0) is 28.6 Å². The molecule has 6 nitrogen and oxygen atoms in total. The van der Waals surface area contributed by atoms with Crippen molar-refractivity contribution in [1.82, 2.24) is 0 Å². The van der Waals surface area contributed by atoms with Gasteiger partial charge in [-0.1, -0.05) is 32.6 Å². The second-order valence-electron chi connectivity index (χ2n) is 4.98. The van der Waals surface area contributed by atoms with E-state index < -0.39 is 32.4 Å². The number of unbranched alkanes of at least 4 members (excludes halogenated alkanes) is 3. The van der Waals surface area contributed by atoms with E-state index >= 15 is 0 Å². The lowest BCUT2D eigenvalue weighted by Gasteiger charge is -2.23. The fourth-order valence-electron chi connectivity index (χ4n) is 1.75. The molecule has 0 aliphatic heterocycles. The van der Waals surface area contributed by atoms with Gasteiger partial charge in [0.05, 0.1) is 11.5 Å². The van der Waals surface area contributed by atoms with Gasteiger partial charge in [0.25, 0.3) is 20.2 Å². The summed E-state index contributed by atoms with van der Waals surface area (Å²) in [6.07, 6.45) is 2.71. The minimum absolute atomic E-state index is 0.147. The van der Waals surface area contributed by atoms with Crippen LogP contribution in [0.3, 0.4) is 0 Å². The van der Waals surface area contributed by atoms with Gasteiger partial charge in [-0.05, 0) is 27.2 Å². The van der Waals surface area contributed by atoms with Gasteiger partial charge in [-0.2, -0.15) is 16.8 Å². The van der Waals surface area contributed by atoms with Crippen molar-refractivity contribution in [2.75, 3.05) is 11.5 Å². The molecule has 0 rings (SSSR count). The van der Waals surface area contributed by atoms with E-state index in [0.29, 0.717) is 6.42 Å². The zero-order valence-corrected chi connectivity index (χ0v) is 15.0. The fourth-order valence-corrected chi connectivity index (χ4v) is 3.24. The van der Waals surface area contributed by atoms with Crippen LogP contribution in [0.4, 0.5) is 0 Å². The molecule has 0 N–H and O–H groups in total. The second-order valence-corrected chi connectivity index (χ2v) is 8.75. The van der Waals surface area contributed by atoms with Gasteiger partial charge in [0.15, 0.2) is 0 Å². The SMILES string of the molecule is CCCCCCC(OS(=O)(=O)CC)C(C)OS(=O)(=O)CC.